The van der Waals surface area contributed by atoms with Crippen molar-refractivity contribution in [1.29, 1.82) is 0 Å². The van der Waals surface area contributed by atoms with Gasteiger partial charge in [0, 0.05) is 12.1 Å². The standard InChI is InChI=1S/C39H26N2/c1-2-9-33-31(7-1)32-8-3-4-10-34(32)36-24-28(18-20-35(33)36)26-15-13-25(14-16-26)27-17-19-30-29(23-27)21-22-41-38-12-6-5-11-37(38)40-39(30)41/h1-20,23-24H,21-22H2. The first-order valence-corrected chi connectivity index (χ1v) is 14.3. The highest BCUT2D eigenvalue weighted by Gasteiger charge is 2.20. The fourth-order valence-electron chi connectivity index (χ4n) is 6.88. The minimum Gasteiger partial charge on any atom is -0.324 e. The molecule has 7 aromatic carbocycles. The van der Waals surface area contributed by atoms with E-state index in [2.05, 4.69) is 138 Å². The largest absolute Gasteiger partial charge is 0.324 e. The van der Waals surface area contributed by atoms with Crippen LogP contribution in [0.1, 0.15) is 5.56 Å². The molecule has 0 amide bonds. The zero-order valence-corrected chi connectivity index (χ0v) is 22.5. The zero-order chi connectivity index (χ0) is 26.9. The lowest BCUT2D eigenvalue weighted by Gasteiger charge is -2.19. The molecule has 192 valence electrons. The summed E-state index contributed by atoms with van der Waals surface area (Å²) in [7, 11) is 0. The number of benzene rings is 7. The number of nitrogens with zero attached hydrogens (tertiary/aromatic N) is 2. The fraction of sp³-hybridized carbons (Fsp3) is 0.0513. The lowest BCUT2D eigenvalue weighted by Crippen LogP contribution is -2.11. The molecule has 0 atom stereocenters. The van der Waals surface area contributed by atoms with Gasteiger partial charge in [0.05, 0.1) is 11.0 Å². The molecule has 1 aliphatic rings. The highest BCUT2D eigenvalue weighted by Crippen LogP contribution is 2.38. The molecule has 0 bridgehead atoms. The molecular weight excluding hydrogens is 496 g/mol. The lowest BCUT2D eigenvalue weighted by atomic mass is 9.91. The van der Waals surface area contributed by atoms with Crippen LogP contribution in [-0.2, 0) is 13.0 Å². The summed E-state index contributed by atoms with van der Waals surface area (Å²) in [5.41, 5.74) is 9.91. The first kappa shape index (κ1) is 22.6. The number of aryl methyl sites for hydroxylation is 2. The molecule has 2 heterocycles. The first-order valence-electron chi connectivity index (χ1n) is 14.3. The van der Waals surface area contributed by atoms with Gasteiger partial charge in [-0.25, -0.2) is 4.98 Å². The minimum atomic E-state index is 0.969. The van der Waals surface area contributed by atoms with E-state index in [1.807, 2.05) is 0 Å². The van der Waals surface area contributed by atoms with Crippen LogP contribution in [0, 0.1) is 0 Å². The number of hydrogen-bond donors (Lipinski definition) is 0. The fourth-order valence-corrected chi connectivity index (χ4v) is 6.88. The summed E-state index contributed by atoms with van der Waals surface area (Å²) in [6, 6.07) is 48.8. The van der Waals surface area contributed by atoms with Crippen molar-refractivity contribution < 1.29 is 0 Å². The van der Waals surface area contributed by atoms with Crippen molar-refractivity contribution in [2.75, 3.05) is 0 Å². The third-order valence-corrected chi connectivity index (χ3v) is 8.90. The monoisotopic (exact) mass is 522 g/mol. The van der Waals surface area contributed by atoms with Crippen molar-refractivity contribution in [3.8, 4) is 33.6 Å². The van der Waals surface area contributed by atoms with Crippen molar-refractivity contribution in [2.24, 2.45) is 0 Å². The molecule has 0 fully saturated rings. The van der Waals surface area contributed by atoms with Gasteiger partial charge in [0.25, 0.3) is 0 Å². The number of hydrogen-bond acceptors (Lipinski definition) is 1. The maximum absolute atomic E-state index is 4.96. The minimum absolute atomic E-state index is 0.969. The summed E-state index contributed by atoms with van der Waals surface area (Å²) in [5, 5.41) is 7.86. The molecule has 9 rings (SSSR count). The Morgan fingerprint density at radius 2 is 1.00 bits per heavy atom. The van der Waals surface area contributed by atoms with Crippen LogP contribution in [0.15, 0.2) is 133 Å². The maximum Gasteiger partial charge on any atom is 0.141 e. The van der Waals surface area contributed by atoms with E-state index in [1.54, 1.807) is 0 Å². The number of aromatic nitrogens is 2. The summed E-state index contributed by atoms with van der Waals surface area (Å²) < 4.78 is 2.36. The Labute approximate surface area is 238 Å². The predicted octanol–water partition coefficient (Wildman–Crippen LogP) is 10.1. The lowest BCUT2D eigenvalue weighted by molar-refractivity contribution is 0.703. The van der Waals surface area contributed by atoms with Crippen molar-refractivity contribution in [1.82, 2.24) is 9.55 Å². The second-order valence-electron chi connectivity index (χ2n) is 11.1. The van der Waals surface area contributed by atoms with Crippen LogP contribution in [0.3, 0.4) is 0 Å². The molecule has 0 N–H and O–H groups in total. The Morgan fingerprint density at radius 3 is 1.71 bits per heavy atom. The molecule has 41 heavy (non-hydrogen) atoms. The van der Waals surface area contributed by atoms with Gasteiger partial charge in [-0.05, 0) is 84.8 Å². The molecular formula is C39H26N2. The normalized spacial score (nSPS) is 12.7. The quantitative estimate of drug-likeness (QED) is 0.207. The van der Waals surface area contributed by atoms with Crippen LogP contribution < -0.4 is 0 Å². The highest BCUT2D eigenvalue weighted by atomic mass is 15.1. The van der Waals surface area contributed by atoms with Gasteiger partial charge >= 0.3 is 0 Å². The van der Waals surface area contributed by atoms with Gasteiger partial charge in [-0.2, -0.15) is 0 Å². The van der Waals surface area contributed by atoms with Crippen molar-refractivity contribution in [3.63, 3.8) is 0 Å². The van der Waals surface area contributed by atoms with Gasteiger partial charge in [0.2, 0.25) is 0 Å². The van der Waals surface area contributed by atoms with E-state index in [9.17, 15) is 0 Å². The van der Waals surface area contributed by atoms with Crippen LogP contribution in [0.2, 0.25) is 0 Å². The highest BCUT2D eigenvalue weighted by molar-refractivity contribution is 6.25. The molecule has 2 nitrogen and oxygen atoms in total. The van der Waals surface area contributed by atoms with Gasteiger partial charge in [0.15, 0.2) is 0 Å². The van der Waals surface area contributed by atoms with Crippen molar-refractivity contribution in [3.05, 3.63) is 139 Å². The number of imidazole rings is 1. The Hall–Kier alpha value is -5.21. The topological polar surface area (TPSA) is 17.8 Å². The summed E-state index contributed by atoms with van der Waals surface area (Å²) >= 11 is 0. The predicted molar refractivity (Wildman–Crippen MR) is 172 cm³/mol. The van der Waals surface area contributed by atoms with E-state index < -0.39 is 0 Å². The SMILES string of the molecule is c1ccc2c(c1)nc1n2CCc2cc(-c3ccc(-c4ccc5c6ccccc6c6ccccc6c5c4)cc3)ccc2-1. The van der Waals surface area contributed by atoms with E-state index in [-0.39, 0.29) is 0 Å². The maximum atomic E-state index is 4.96. The molecule has 0 unspecified atom stereocenters. The summed E-state index contributed by atoms with van der Waals surface area (Å²) in [5.74, 6) is 1.09. The molecule has 0 saturated carbocycles. The third-order valence-electron chi connectivity index (χ3n) is 8.90. The first-order chi connectivity index (χ1) is 20.3. The van der Waals surface area contributed by atoms with Crippen LogP contribution in [-0.4, -0.2) is 9.55 Å². The summed E-state index contributed by atoms with van der Waals surface area (Å²) in [6.45, 7) is 0.969. The second-order valence-corrected chi connectivity index (χ2v) is 11.1. The van der Waals surface area contributed by atoms with Crippen LogP contribution in [0.25, 0.3) is 77.0 Å². The van der Waals surface area contributed by atoms with Crippen LogP contribution >= 0.6 is 0 Å². The van der Waals surface area contributed by atoms with Gasteiger partial charge < -0.3 is 4.57 Å². The smallest absolute Gasteiger partial charge is 0.141 e. The van der Waals surface area contributed by atoms with E-state index >= 15 is 0 Å². The molecule has 0 radical (unpaired) electrons. The van der Waals surface area contributed by atoms with Crippen molar-refractivity contribution in [2.45, 2.75) is 13.0 Å². The molecule has 0 saturated heterocycles. The van der Waals surface area contributed by atoms with Crippen molar-refractivity contribution >= 4 is 43.4 Å². The van der Waals surface area contributed by atoms with Crippen LogP contribution in [0.4, 0.5) is 0 Å². The number of rotatable bonds is 2. The molecule has 8 aromatic rings. The van der Waals surface area contributed by atoms with Gasteiger partial charge in [-0.15, -0.1) is 0 Å². The number of fused-ring (bicyclic) bond motifs is 11. The molecule has 0 spiro atoms. The summed E-state index contributed by atoms with van der Waals surface area (Å²) in [6.07, 6.45) is 1.02. The molecule has 0 aliphatic carbocycles. The number of para-hydroxylation sites is 2. The van der Waals surface area contributed by atoms with E-state index in [0.717, 1.165) is 24.3 Å². The Balaban J connectivity index is 1.10. The van der Waals surface area contributed by atoms with Crippen LogP contribution in [0.5, 0.6) is 0 Å². The molecule has 1 aromatic heterocycles. The molecule has 2 heteroatoms. The third kappa shape index (κ3) is 3.41. The van der Waals surface area contributed by atoms with Gasteiger partial charge in [0.1, 0.15) is 5.82 Å². The van der Waals surface area contributed by atoms with Gasteiger partial charge in [-0.1, -0.05) is 115 Å². The Bertz CT molecular complexity index is 2270. The Kier molecular flexibility index (Phi) is 4.76. The average molecular weight is 523 g/mol. The van der Waals surface area contributed by atoms with E-state index in [1.165, 1.54) is 71.2 Å². The molecule has 1 aliphatic heterocycles. The van der Waals surface area contributed by atoms with E-state index in [0.29, 0.717) is 0 Å². The summed E-state index contributed by atoms with van der Waals surface area (Å²) in [4.78, 5) is 4.96. The van der Waals surface area contributed by atoms with Gasteiger partial charge in [-0.3, -0.25) is 0 Å². The Morgan fingerprint density at radius 1 is 0.463 bits per heavy atom. The average Bonchev–Trinajstić information content (AvgIpc) is 3.44. The zero-order valence-electron chi connectivity index (χ0n) is 22.5. The van der Waals surface area contributed by atoms with E-state index in [4.69, 9.17) is 4.98 Å². The second kappa shape index (κ2) is 8.64.